The van der Waals surface area contributed by atoms with E-state index in [-0.39, 0.29) is 23.5 Å². The van der Waals surface area contributed by atoms with Crippen molar-refractivity contribution in [3.8, 4) is 0 Å². The molecule has 0 aromatic rings. The van der Waals surface area contributed by atoms with Crippen molar-refractivity contribution in [1.82, 2.24) is 0 Å². The Kier molecular flexibility index (Phi) is 11.5. The second-order valence-corrected chi connectivity index (χ2v) is 4.80. The van der Waals surface area contributed by atoms with Crippen LogP contribution in [0, 0.1) is 0 Å². The van der Waals surface area contributed by atoms with Gasteiger partial charge in [0.1, 0.15) is 7.60 Å². The van der Waals surface area contributed by atoms with Crippen LogP contribution in [0.2, 0.25) is 0 Å². The Morgan fingerprint density at radius 1 is 1.23 bits per heavy atom. The first-order valence-electron chi connectivity index (χ1n) is 4.57. The predicted octanol–water partition coefficient (Wildman–Crippen LogP) is 2.15. The summed E-state index contributed by atoms with van der Waals surface area (Å²) >= 11 is 0. The first kappa shape index (κ1) is 16.1. The Hall–Kier alpha value is 0.682. The molecule has 0 aliphatic heterocycles. The van der Waals surface area contributed by atoms with Crippen LogP contribution in [0.4, 0.5) is 0 Å². The number of unbranched alkanes of at least 4 members (excludes halogenated alkanes) is 2. The summed E-state index contributed by atoms with van der Waals surface area (Å²) < 4.78 is 15.8. The molecule has 0 saturated heterocycles. The molecule has 3 nitrogen and oxygen atoms in total. The van der Waals surface area contributed by atoms with Crippen molar-refractivity contribution in [2.45, 2.75) is 39.5 Å². The average Bonchev–Trinajstić information content (AvgIpc) is 2.01. The maximum Gasteiger partial charge on any atom is 2.00 e. The molecule has 0 aliphatic rings. The van der Waals surface area contributed by atoms with Gasteiger partial charge in [-0.05, 0) is 12.8 Å². The first-order valence-corrected chi connectivity index (χ1v) is 6.29. The van der Waals surface area contributed by atoms with Crippen LogP contribution in [0.1, 0.15) is 39.5 Å². The van der Waals surface area contributed by atoms with Crippen LogP contribution in [0.15, 0.2) is 0 Å². The molecule has 0 fully saturated rings. The summed E-state index contributed by atoms with van der Waals surface area (Å²) in [5, 5.41) is 0. The normalized spacial score (nSPS) is 14.7. The molecule has 1 atom stereocenters. The second kappa shape index (κ2) is 9.25. The van der Waals surface area contributed by atoms with Crippen LogP contribution in [0.25, 0.3) is 0 Å². The van der Waals surface area contributed by atoms with Gasteiger partial charge in [-0.25, -0.2) is 0 Å². The quantitative estimate of drug-likeness (QED) is 0.510. The third-order valence-corrected chi connectivity index (χ3v) is 3.01. The summed E-state index contributed by atoms with van der Waals surface area (Å²) in [5.74, 6) is 0. The van der Waals surface area contributed by atoms with E-state index in [1.165, 1.54) is 0 Å². The third-order valence-electron chi connectivity index (χ3n) is 1.57. The van der Waals surface area contributed by atoms with Crippen molar-refractivity contribution >= 4 is 7.60 Å². The van der Waals surface area contributed by atoms with E-state index in [0.29, 0.717) is 13.0 Å². The molecule has 5 heteroatoms. The molecule has 0 aromatic carbocycles. The summed E-state index contributed by atoms with van der Waals surface area (Å²) in [6.45, 7) is 4.32. The molecule has 0 spiro atoms. The van der Waals surface area contributed by atoms with Crippen molar-refractivity contribution in [1.29, 1.82) is 0 Å². The van der Waals surface area contributed by atoms with E-state index in [1.807, 2.05) is 13.8 Å². The van der Waals surface area contributed by atoms with Crippen molar-refractivity contribution in [2.24, 2.45) is 0 Å². The zero-order valence-electron chi connectivity index (χ0n) is 8.32. The Labute approximate surface area is 91.5 Å². The molecule has 0 N–H and O–H groups in total. The topological polar surface area (TPSA) is 49.4 Å². The fourth-order valence-electron chi connectivity index (χ4n) is 0.764. The van der Waals surface area contributed by atoms with Crippen molar-refractivity contribution in [3.63, 3.8) is 0 Å². The van der Waals surface area contributed by atoms with Crippen LogP contribution < -0.4 is 4.89 Å². The van der Waals surface area contributed by atoms with E-state index in [1.54, 1.807) is 0 Å². The van der Waals surface area contributed by atoms with Gasteiger partial charge in [0.2, 0.25) is 0 Å². The standard InChI is InChI=1S/C8H19O3P.Cr/c1-3-5-7-11-12(9,10)8-6-4-2;/h3-8H2,1-2H3,(H,9,10);/q;+2/p-1. The summed E-state index contributed by atoms with van der Waals surface area (Å²) in [5.41, 5.74) is 0. The maximum atomic E-state index is 11.1. The van der Waals surface area contributed by atoms with Gasteiger partial charge in [-0.1, -0.05) is 26.7 Å². The molecule has 0 amide bonds. The fourth-order valence-corrected chi connectivity index (χ4v) is 2.00. The largest absolute Gasteiger partial charge is 2.00 e. The van der Waals surface area contributed by atoms with Crippen molar-refractivity contribution in [3.05, 3.63) is 0 Å². The molecule has 13 heavy (non-hydrogen) atoms. The third kappa shape index (κ3) is 10.6. The van der Waals surface area contributed by atoms with Crippen molar-refractivity contribution in [2.75, 3.05) is 12.8 Å². The Morgan fingerprint density at radius 3 is 2.23 bits per heavy atom. The van der Waals surface area contributed by atoms with E-state index in [9.17, 15) is 9.46 Å². The minimum absolute atomic E-state index is 0. The monoisotopic (exact) mass is 245 g/mol. The Bertz CT molecular complexity index is 152. The van der Waals surface area contributed by atoms with E-state index in [4.69, 9.17) is 4.52 Å². The van der Waals surface area contributed by atoms with Gasteiger partial charge >= 0.3 is 17.4 Å². The molecular formula is C8H18CrO3P+. The minimum Gasteiger partial charge on any atom is -0.778 e. The zero-order chi connectivity index (χ0) is 9.45. The molecule has 1 unspecified atom stereocenters. The van der Waals surface area contributed by atoms with Crippen LogP contribution in [-0.2, 0) is 26.4 Å². The van der Waals surface area contributed by atoms with Crippen LogP contribution in [0.3, 0.4) is 0 Å². The Morgan fingerprint density at radius 2 is 1.77 bits per heavy atom. The van der Waals surface area contributed by atoms with Gasteiger partial charge < -0.3 is 14.0 Å². The van der Waals surface area contributed by atoms with Gasteiger partial charge in [-0.2, -0.15) is 0 Å². The molecule has 0 aliphatic carbocycles. The molecule has 78 valence electrons. The molecule has 0 radical (unpaired) electrons. The van der Waals surface area contributed by atoms with Crippen molar-refractivity contribution < 1.29 is 31.3 Å². The SMILES string of the molecule is CCCCOP(=O)([O-])CCCC.[Cr+2]. The van der Waals surface area contributed by atoms with E-state index in [2.05, 4.69) is 0 Å². The van der Waals surface area contributed by atoms with E-state index < -0.39 is 7.60 Å². The van der Waals surface area contributed by atoms with Crippen LogP contribution in [0.5, 0.6) is 0 Å². The average molecular weight is 245 g/mol. The zero-order valence-corrected chi connectivity index (χ0v) is 10.5. The van der Waals surface area contributed by atoms with E-state index >= 15 is 0 Å². The summed E-state index contributed by atoms with van der Waals surface area (Å²) in [7, 11) is -3.49. The fraction of sp³-hybridized carbons (Fsp3) is 1.00. The first-order chi connectivity index (χ1) is 5.62. The van der Waals surface area contributed by atoms with E-state index in [0.717, 1.165) is 19.3 Å². The van der Waals surface area contributed by atoms with Gasteiger partial charge in [0.15, 0.2) is 0 Å². The predicted molar refractivity (Wildman–Crippen MR) is 48.2 cm³/mol. The molecular weight excluding hydrogens is 227 g/mol. The summed E-state index contributed by atoms with van der Waals surface area (Å²) in [6.07, 6.45) is 3.57. The van der Waals surface area contributed by atoms with Crippen LogP contribution in [-0.4, -0.2) is 12.8 Å². The number of hydrogen-bond acceptors (Lipinski definition) is 3. The smallest absolute Gasteiger partial charge is 0.778 e. The summed E-state index contributed by atoms with van der Waals surface area (Å²) in [4.78, 5) is 11.1. The second-order valence-electron chi connectivity index (χ2n) is 2.87. The summed E-state index contributed by atoms with van der Waals surface area (Å²) in [6, 6.07) is 0. The Balaban J connectivity index is 0. The van der Waals surface area contributed by atoms with Gasteiger partial charge in [-0.3, -0.25) is 0 Å². The van der Waals surface area contributed by atoms with Crippen LogP contribution >= 0.6 is 7.60 Å². The molecule has 0 saturated carbocycles. The number of rotatable bonds is 7. The minimum atomic E-state index is -3.49. The molecule has 0 aromatic heterocycles. The molecule has 0 rings (SSSR count). The molecule has 0 heterocycles. The number of hydrogen-bond donors (Lipinski definition) is 0. The van der Waals surface area contributed by atoms with Gasteiger partial charge in [0.05, 0.1) is 6.61 Å². The molecule has 0 bridgehead atoms. The van der Waals surface area contributed by atoms with Gasteiger partial charge in [0, 0.05) is 6.16 Å². The maximum absolute atomic E-state index is 11.1. The van der Waals surface area contributed by atoms with Gasteiger partial charge in [-0.15, -0.1) is 0 Å². The van der Waals surface area contributed by atoms with Gasteiger partial charge in [0.25, 0.3) is 0 Å².